The maximum atomic E-state index is 12.1. The lowest BCUT2D eigenvalue weighted by Crippen LogP contribution is -2.19. The Bertz CT molecular complexity index is 1070. The molecule has 0 amide bonds. The second-order valence-corrected chi connectivity index (χ2v) is 7.52. The summed E-state index contributed by atoms with van der Waals surface area (Å²) >= 11 is 3.24. The number of aromatic nitrogens is 1. The summed E-state index contributed by atoms with van der Waals surface area (Å²) in [7, 11) is -3.78. The van der Waals surface area contributed by atoms with E-state index in [4.69, 9.17) is 0 Å². The van der Waals surface area contributed by atoms with Crippen molar-refractivity contribution in [2.45, 2.75) is 4.90 Å². The molecule has 3 rings (SSSR count). The molecule has 24 heavy (non-hydrogen) atoms. The number of hydrogen-bond acceptors (Lipinski definition) is 4. The number of sulfonamides is 1. The van der Waals surface area contributed by atoms with Crippen LogP contribution in [-0.4, -0.2) is 19.6 Å². The van der Waals surface area contributed by atoms with Gasteiger partial charge in [-0.15, -0.1) is 0 Å². The van der Waals surface area contributed by atoms with Crippen molar-refractivity contribution in [3.8, 4) is 0 Å². The third-order valence-electron chi connectivity index (χ3n) is 3.28. The number of hydrogen-bond donors (Lipinski definition) is 2. The highest BCUT2D eigenvalue weighted by Crippen LogP contribution is 2.14. The summed E-state index contributed by atoms with van der Waals surface area (Å²) in [5, 5.41) is 4.51. The molecule has 0 fully saturated rings. The Balaban J connectivity index is 1.85. The molecule has 0 atom stereocenters. The van der Waals surface area contributed by atoms with Crippen LogP contribution in [0.15, 0.2) is 73.9 Å². The Labute approximate surface area is 146 Å². The highest BCUT2D eigenvalue weighted by atomic mass is 79.9. The minimum Gasteiger partial charge on any atom is -0.321 e. The fourth-order valence-electron chi connectivity index (χ4n) is 2.09. The zero-order chi connectivity index (χ0) is 17.2. The molecular formula is C16H12BrN3O3S. The van der Waals surface area contributed by atoms with Crippen LogP contribution in [0.4, 0.5) is 0 Å². The molecule has 122 valence electrons. The van der Waals surface area contributed by atoms with Crippen molar-refractivity contribution in [1.29, 1.82) is 0 Å². The maximum Gasteiger partial charge on any atom is 0.276 e. The van der Waals surface area contributed by atoms with Gasteiger partial charge < -0.3 is 4.98 Å². The van der Waals surface area contributed by atoms with Gasteiger partial charge in [0.25, 0.3) is 15.6 Å². The molecule has 0 saturated carbocycles. The maximum absolute atomic E-state index is 12.1. The van der Waals surface area contributed by atoms with Gasteiger partial charge in [-0.3, -0.25) is 4.79 Å². The lowest BCUT2D eigenvalue weighted by atomic mass is 10.2. The molecule has 0 unspecified atom stereocenters. The van der Waals surface area contributed by atoms with Gasteiger partial charge in [0.2, 0.25) is 0 Å². The molecular weight excluding hydrogens is 394 g/mol. The summed E-state index contributed by atoms with van der Waals surface area (Å²) in [5.41, 5.74) is 0.614. The first-order valence-electron chi connectivity index (χ1n) is 6.88. The second kappa shape index (κ2) is 6.58. The first-order valence-corrected chi connectivity index (χ1v) is 9.16. The van der Waals surface area contributed by atoms with E-state index in [1.807, 2.05) is 18.2 Å². The minimum absolute atomic E-state index is 0.0790. The summed E-state index contributed by atoms with van der Waals surface area (Å²) in [4.78, 5) is 16.9. The predicted molar refractivity (Wildman–Crippen MR) is 96.6 cm³/mol. The molecule has 0 spiro atoms. The molecule has 2 aromatic carbocycles. The van der Waals surface area contributed by atoms with Crippen molar-refractivity contribution < 1.29 is 8.42 Å². The van der Waals surface area contributed by atoms with Crippen LogP contribution < -0.4 is 10.4 Å². The largest absolute Gasteiger partial charge is 0.321 e. The Morgan fingerprint density at radius 3 is 2.54 bits per heavy atom. The average molecular weight is 406 g/mol. The van der Waals surface area contributed by atoms with E-state index in [-0.39, 0.29) is 16.0 Å². The van der Waals surface area contributed by atoms with Crippen molar-refractivity contribution in [2.24, 2.45) is 5.10 Å². The molecule has 0 saturated heterocycles. The highest BCUT2D eigenvalue weighted by Gasteiger charge is 2.12. The van der Waals surface area contributed by atoms with Crippen LogP contribution in [0.2, 0.25) is 0 Å². The number of benzene rings is 2. The topological polar surface area (TPSA) is 91.4 Å². The van der Waals surface area contributed by atoms with Gasteiger partial charge in [-0.25, -0.2) is 4.83 Å². The smallest absolute Gasteiger partial charge is 0.276 e. The Morgan fingerprint density at radius 1 is 1.08 bits per heavy atom. The zero-order valence-electron chi connectivity index (χ0n) is 12.2. The first kappa shape index (κ1) is 16.4. The number of nitrogens with one attached hydrogen (secondary N) is 2. The van der Waals surface area contributed by atoms with E-state index in [9.17, 15) is 13.2 Å². The van der Waals surface area contributed by atoms with Crippen molar-refractivity contribution >= 4 is 43.1 Å². The predicted octanol–water partition coefficient (Wildman–Crippen LogP) is 2.60. The van der Waals surface area contributed by atoms with Gasteiger partial charge in [0.15, 0.2) is 0 Å². The van der Waals surface area contributed by atoms with Crippen molar-refractivity contribution in [2.75, 3.05) is 0 Å². The van der Waals surface area contributed by atoms with Crippen LogP contribution in [0.5, 0.6) is 0 Å². The average Bonchev–Trinajstić information content (AvgIpc) is 2.55. The fraction of sp³-hybridized carbons (Fsp3) is 0. The summed E-state index contributed by atoms with van der Waals surface area (Å²) in [6.45, 7) is 0. The molecule has 0 bridgehead atoms. The summed E-state index contributed by atoms with van der Waals surface area (Å²) in [5.74, 6) is 0. The molecule has 0 aliphatic heterocycles. The third kappa shape index (κ3) is 3.55. The second-order valence-electron chi connectivity index (χ2n) is 4.95. The van der Waals surface area contributed by atoms with Gasteiger partial charge in [0.1, 0.15) is 0 Å². The van der Waals surface area contributed by atoms with E-state index >= 15 is 0 Å². The number of nitrogens with zero attached hydrogens (tertiary/aromatic N) is 1. The lowest BCUT2D eigenvalue weighted by Gasteiger charge is -2.03. The SMILES string of the molecule is O=c1[nH]c2ccccc2cc1/C=N/NS(=O)(=O)c1ccc(Br)cc1. The van der Waals surface area contributed by atoms with E-state index in [2.05, 4.69) is 30.8 Å². The van der Waals surface area contributed by atoms with E-state index in [1.54, 1.807) is 24.3 Å². The number of hydrazone groups is 1. The molecule has 0 radical (unpaired) electrons. The van der Waals surface area contributed by atoms with E-state index in [1.165, 1.54) is 18.3 Å². The first-order chi connectivity index (χ1) is 11.5. The molecule has 8 heteroatoms. The standard InChI is InChI=1S/C16H12BrN3O3S/c17-13-5-7-14(8-6-13)24(22,23)20-18-10-12-9-11-3-1-2-4-15(11)19-16(12)21/h1-10,20H,(H,19,21)/b18-10+. The number of fused-ring (bicyclic) bond motifs is 1. The van der Waals surface area contributed by atoms with Gasteiger partial charge in [-0.05, 0) is 41.8 Å². The molecule has 6 nitrogen and oxygen atoms in total. The molecule has 1 heterocycles. The fourth-order valence-corrected chi connectivity index (χ4v) is 3.15. The Kier molecular flexibility index (Phi) is 4.50. The van der Waals surface area contributed by atoms with E-state index in [0.29, 0.717) is 5.52 Å². The van der Waals surface area contributed by atoms with Crippen molar-refractivity contribution in [3.63, 3.8) is 0 Å². The van der Waals surface area contributed by atoms with Gasteiger partial charge >= 0.3 is 0 Å². The summed E-state index contributed by atoms with van der Waals surface area (Å²) < 4.78 is 25.0. The molecule has 1 aromatic heterocycles. The van der Waals surface area contributed by atoms with Gasteiger partial charge in [-0.1, -0.05) is 34.1 Å². The number of para-hydroxylation sites is 1. The summed E-state index contributed by atoms with van der Waals surface area (Å²) in [6, 6.07) is 15.1. The molecule has 0 aliphatic rings. The van der Waals surface area contributed by atoms with Crippen LogP contribution in [0.1, 0.15) is 5.56 Å². The Hall–Kier alpha value is -2.45. The van der Waals surface area contributed by atoms with Crippen molar-refractivity contribution in [1.82, 2.24) is 9.82 Å². The third-order valence-corrected chi connectivity index (χ3v) is 5.05. The van der Waals surface area contributed by atoms with E-state index < -0.39 is 10.0 Å². The van der Waals surface area contributed by atoms with Gasteiger partial charge in [0, 0.05) is 9.99 Å². The number of halogens is 1. The Morgan fingerprint density at radius 2 is 1.79 bits per heavy atom. The quantitative estimate of drug-likeness (QED) is 0.516. The van der Waals surface area contributed by atoms with Gasteiger partial charge in [0.05, 0.1) is 16.7 Å². The van der Waals surface area contributed by atoms with E-state index in [0.717, 1.165) is 9.86 Å². The number of rotatable bonds is 4. The molecule has 3 aromatic rings. The van der Waals surface area contributed by atoms with Crippen LogP contribution in [0, 0.1) is 0 Å². The van der Waals surface area contributed by atoms with Crippen LogP contribution >= 0.6 is 15.9 Å². The van der Waals surface area contributed by atoms with Crippen LogP contribution in [0.3, 0.4) is 0 Å². The highest BCUT2D eigenvalue weighted by molar-refractivity contribution is 9.10. The zero-order valence-corrected chi connectivity index (χ0v) is 14.6. The monoisotopic (exact) mass is 405 g/mol. The van der Waals surface area contributed by atoms with Gasteiger partial charge in [-0.2, -0.15) is 13.5 Å². The minimum atomic E-state index is -3.78. The molecule has 0 aliphatic carbocycles. The number of pyridine rings is 1. The lowest BCUT2D eigenvalue weighted by molar-refractivity contribution is 0.584. The molecule has 2 N–H and O–H groups in total. The number of aromatic amines is 1. The number of H-pyrrole nitrogens is 1. The normalized spacial score (nSPS) is 11.9. The van der Waals surface area contributed by atoms with Crippen LogP contribution in [-0.2, 0) is 10.0 Å². The van der Waals surface area contributed by atoms with Crippen LogP contribution in [0.25, 0.3) is 10.9 Å². The van der Waals surface area contributed by atoms with Crippen molar-refractivity contribution in [3.05, 3.63) is 75.0 Å². The summed E-state index contributed by atoms with van der Waals surface area (Å²) in [6.07, 6.45) is 1.18.